The van der Waals surface area contributed by atoms with Gasteiger partial charge in [-0.25, -0.2) is 4.99 Å². The molecule has 1 aromatic carbocycles. The topological polar surface area (TPSA) is 73.0 Å². The van der Waals surface area contributed by atoms with Gasteiger partial charge in [0.2, 0.25) is 0 Å². The number of hydrogen-bond donors (Lipinski definition) is 3. The molecule has 2 aromatic rings. The van der Waals surface area contributed by atoms with Crippen LogP contribution >= 0.6 is 24.0 Å². The lowest BCUT2D eigenvalue weighted by atomic mass is 10.0. The van der Waals surface area contributed by atoms with Gasteiger partial charge in [-0.15, -0.1) is 24.0 Å². The molecule has 2 unspecified atom stereocenters. The molecule has 7 heteroatoms. The highest BCUT2D eigenvalue weighted by molar-refractivity contribution is 14.0. The second-order valence-corrected chi connectivity index (χ2v) is 7.21. The van der Waals surface area contributed by atoms with Crippen LogP contribution < -0.4 is 15.5 Å². The first-order chi connectivity index (χ1) is 13.1. The number of hydrogen-bond acceptors (Lipinski definition) is 4. The number of nitrogens with one attached hydrogen (secondary N) is 2. The summed E-state index contributed by atoms with van der Waals surface area (Å²) in [6.45, 7) is 6.76. The monoisotopic (exact) mass is 498 g/mol. The van der Waals surface area contributed by atoms with Crippen LogP contribution in [-0.2, 0) is 5.60 Å². The van der Waals surface area contributed by atoms with E-state index in [1.54, 1.807) is 25.3 Å². The van der Waals surface area contributed by atoms with Crippen LogP contribution in [0.4, 0.5) is 5.69 Å². The molecule has 6 nitrogen and oxygen atoms in total. The summed E-state index contributed by atoms with van der Waals surface area (Å²) in [7, 11) is 0. The molecule has 2 atom stereocenters. The standard InChI is InChI=1S/C21H30N4O2.HI/c1-3-22-20(23-16-21(2,26)19-12-8-14-27-19)24-17-9-7-13-25(15-17)18-10-5-4-6-11-18;/h4-6,8,10-12,14,17,26H,3,7,9,13,15-16H2,1-2H3,(H2,22,23,24);1H. The molecule has 1 fully saturated rings. The molecule has 1 aliphatic heterocycles. The summed E-state index contributed by atoms with van der Waals surface area (Å²) in [4.78, 5) is 7.01. The van der Waals surface area contributed by atoms with Crippen molar-refractivity contribution >= 4 is 35.6 Å². The first kappa shape index (κ1) is 22.5. The van der Waals surface area contributed by atoms with E-state index in [-0.39, 0.29) is 30.5 Å². The predicted octanol–water partition coefficient (Wildman–Crippen LogP) is 3.33. The lowest BCUT2D eigenvalue weighted by molar-refractivity contribution is 0.0436. The van der Waals surface area contributed by atoms with Crippen molar-refractivity contribution in [3.8, 4) is 0 Å². The van der Waals surface area contributed by atoms with Crippen molar-refractivity contribution in [3.63, 3.8) is 0 Å². The maximum absolute atomic E-state index is 10.6. The minimum absolute atomic E-state index is 0. The third kappa shape index (κ3) is 6.13. The number of anilines is 1. The molecule has 2 heterocycles. The first-order valence-electron chi connectivity index (χ1n) is 9.69. The minimum Gasteiger partial charge on any atom is -0.466 e. The first-order valence-corrected chi connectivity index (χ1v) is 9.69. The van der Waals surface area contributed by atoms with Crippen molar-refractivity contribution in [2.45, 2.75) is 38.3 Å². The third-order valence-corrected chi connectivity index (χ3v) is 4.82. The summed E-state index contributed by atoms with van der Waals surface area (Å²) >= 11 is 0. The molecule has 1 saturated heterocycles. The highest BCUT2D eigenvalue weighted by Gasteiger charge is 2.26. The van der Waals surface area contributed by atoms with E-state index < -0.39 is 5.60 Å². The lowest BCUT2D eigenvalue weighted by Gasteiger charge is -2.35. The Hall–Kier alpha value is -1.74. The number of furan rings is 1. The number of para-hydroxylation sites is 1. The normalized spacial score (nSPS) is 19.5. The van der Waals surface area contributed by atoms with Crippen LogP contribution in [0.3, 0.4) is 0 Å². The van der Waals surface area contributed by atoms with Gasteiger partial charge in [-0.2, -0.15) is 0 Å². The van der Waals surface area contributed by atoms with Gasteiger partial charge in [0.25, 0.3) is 0 Å². The SMILES string of the molecule is CCNC(=NCC(C)(O)c1ccco1)NC1CCCN(c2ccccc2)C1.I. The van der Waals surface area contributed by atoms with Crippen LogP contribution in [0.15, 0.2) is 58.1 Å². The molecule has 3 rings (SSSR count). The van der Waals surface area contributed by atoms with Gasteiger partial charge in [0.05, 0.1) is 12.8 Å². The van der Waals surface area contributed by atoms with Crippen LogP contribution in [-0.4, -0.2) is 43.3 Å². The summed E-state index contributed by atoms with van der Waals surface area (Å²) in [6, 6.07) is 14.4. The zero-order valence-corrected chi connectivity index (χ0v) is 18.9. The van der Waals surface area contributed by atoms with Crippen molar-refractivity contribution in [1.82, 2.24) is 10.6 Å². The molecule has 0 bridgehead atoms. The number of aliphatic hydroxyl groups is 1. The largest absolute Gasteiger partial charge is 0.466 e. The van der Waals surface area contributed by atoms with E-state index in [1.165, 1.54) is 5.69 Å². The van der Waals surface area contributed by atoms with E-state index in [2.05, 4.69) is 44.8 Å². The maximum atomic E-state index is 10.6. The van der Waals surface area contributed by atoms with E-state index in [0.717, 1.165) is 38.4 Å². The number of piperidine rings is 1. The van der Waals surface area contributed by atoms with Crippen molar-refractivity contribution in [1.29, 1.82) is 0 Å². The predicted molar refractivity (Wildman–Crippen MR) is 124 cm³/mol. The Balaban J connectivity index is 0.00000280. The highest BCUT2D eigenvalue weighted by Crippen LogP contribution is 2.22. The number of benzene rings is 1. The Morgan fingerprint density at radius 3 is 2.75 bits per heavy atom. The second-order valence-electron chi connectivity index (χ2n) is 7.21. The van der Waals surface area contributed by atoms with Crippen molar-refractivity contribution in [3.05, 3.63) is 54.5 Å². The van der Waals surface area contributed by atoms with Crippen molar-refractivity contribution in [2.24, 2.45) is 4.99 Å². The van der Waals surface area contributed by atoms with E-state index in [4.69, 9.17) is 4.42 Å². The molecule has 0 radical (unpaired) electrons. The van der Waals surface area contributed by atoms with E-state index in [9.17, 15) is 5.11 Å². The van der Waals surface area contributed by atoms with Gasteiger partial charge in [-0.1, -0.05) is 18.2 Å². The maximum Gasteiger partial charge on any atom is 0.191 e. The fourth-order valence-electron chi connectivity index (χ4n) is 3.38. The molecule has 1 aliphatic rings. The van der Waals surface area contributed by atoms with E-state index >= 15 is 0 Å². The average Bonchev–Trinajstić information content (AvgIpc) is 3.23. The van der Waals surface area contributed by atoms with Gasteiger partial charge < -0.3 is 25.1 Å². The molecule has 28 heavy (non-hydrogen) atoms. The minimum atomic E-state index is -1.13. The summed E-state index contributed by atoms with van der Waals surface area (Å²) in [5, 5.41) is 17.4. The average molecular weight is 498 g/mol. The fourth-order valence-corrected chi connectivity index (χ4v) is 3.38. The van der Waals surface area contributed by atoms with E-state index in [0.29, 0.717) is 11.8 Å². The summed E-state index contributed by atoms with van der Waals surface area (Å²) in [5.41, 5.74) is 0.126. The van der Waals surface area contributed by atoms with E-state index in [1.807, 2.05) is 13.0 Å². The number of guanidine groups is 1. The number of rotatable bonds is 6. The van der Waals surface area contributed by atoms with Gasteiger partial charge in [-0.3, -0.25) is 0 Å². The number of nitrogens with zero attached hydrogens (tertiary/aromatic N) is 2. The van der Waals surface area contributed by atoms with Gasteiger partial charge >= 0.3 is 0 Å². The quantitative estimate of drug-likeness (QED) is 0.324. The molecule has 3 N–H and O–H groups in total. The zero-order valence-electron chi connectivity index (χ0n) is 16.6. The Morgan fingerprint density at radius 1 is 1.29 bits per heavy atom. The van der Waals surface area contributed by atoms with Crippen molar-refractivity contribution in [2.75, 3.05) is 31.1 Å². The molecule has 0 saturated carbocycles. The highest BCUT2D eigenvalue weighted by atomic mass is 127. The van der Waals surface area contributed by atoms with Crippen LogP contribution in [0.2, 0.25) is 0 Å². The molecule has 154 valence electrons. The zero-order chi connectivity index (χ0) is 19.1. The Labute approximate surface area is 184 Å². The summed E-state index contributed by atoms with van der Waals surface area (Å²) < 4.78 is 5.34. The molecule has 0 spiro atoms. The molecular formula is C21H31IN4O2. The Kier molecular flexibility index (Phi) is 8.62. The van der Waals surface area contributed by atoms with Gasteiger partial charge in [0, 0.05) is 31.4 Å². The Bertz CT molecular complexity index is 719. The van der Waals surface area contributed by atoms with Crippen LogP contribution in [0.5, 0.6) is 0 Å². The Morgan fingerprint density at radius 2 is 2.07 bits per heavy atom. The second kappa shape index (κ2) is 10.7. The molecule has 1 aromatic heterocycles. The molecular weight excluding hydrogens is 467 g/mol. The number of aliphatic imine (C=N–C) groups is 1. The number of halogens is 1. The third-order valence-electron chi connectivity index (χ3n) is 4.82. The smallest absolute Gasteiger partial charge is 0.191 e. The summed E-state index contributed by atoms with van der Waals surface area (Å²) in [5.74, 6) is 1.25. The fraction of sp³-hybridized carbons (Fsp3) is 0.476. The van der Waals surface area contributed by atoms with Crippen LogP contribution in [0, 0.1) is 0 Å². The van der Waals surface area contributed by atoms with Gasteiger partial charge in [0.15, 0.2) is 5.96 Å². The summed E-state index contributed by atoms with van der Waals surface area (Å²) in [6.07, 6.45) is 3.80. The van der Waals surface area contributed by atoms with Crippen LogP contribution in [0.25, 0.3) is 0 Å². The lowest BCUT2D eigenvalue weighted by Crippen LogP contribution is -2.51. The molecule has 0 aliphatic carbocycles. The van der Waals surface area contributed by atoms with Gasteiger partial charge in [0.1, 0.15) is 11.4 Å². The van der Waals surface area contributed by atoms with Crippen molar-refractivity contribution < 1.29 is 9.52 Å². The van der Waals surface area contributed by atoms with Crippen LogP contribution in [0.1, 0.15) is 32.4 Å². The van der Waals surface area contributed by atoms with Gasteiger partial charge in [-0.05, 0) is 51.0 Å². The molecule has 0 amide bonds.